The van der Waals surface area contributed by atoms with Crippen LogP contribution in [0.1, 0.15) is 28.9 Å². The van der Waals surface area contributed by atoms with E-state index in [2.05, 4.69) is 22.1 Å². The van der Waals surface area contributed by atoms with Crippen molar-refractivity contribution in [2.45, 2.75) is 25.3 Å². The van der Waals surface area contributed by atoms with Crippen molar-refractivity contribution in [1.82, 2.24) is 10.6 Å². The Morgan fingerprint density at radius 2 is 2.44 bits per heavy atom. The van der Waals surface area contributed by atoms with Gasteiger partial charge in [0.15, 0.2) is 0 Å². The summed E-state index contributed by atoms with van der Waals surface area (Å²) in [5, 5.41) is 8.52. The second-order valence-electron chi connectivity index (χ2n) is 4.60. The molecule has 3 heterocycles. The number of thiophene rings is 2. The van der Waals surface area contributed by atoms with Gasteiger partial charge in [-0.25, -0.2) is 0 Å². The molecule has 96 valence electrons. The van der Waals surface area contributed by atoms with E-state index in [1.54, 1.807) is 22.7 Å². The number of hydrogen-bond donors (Lipinski definition) is 2. The Kier molecular flexibility index (Phi) is 3.63. The van der Waals surface area contributed by atoms with Gasteiger partial charge in [-0.15, -0.1) is 22.7 Å². The van der Waals surface area contributed by atoms with Crippen molar-refractivity contribution in [2.75, 3.05) is 13.1 Å². The van der Waals surface area contributed by atoms with Gasteiger partial charge in [-0.05, 0) is 43.3 Å². The zero-order valence-corrected chi connectivity index (χ0v) is 11.7. The van der Waals surface area contributed by atoms with Crippen molar-refractivity contribution in [1.29, 1.82) is 0 Å². The third-order valence-electron chi connectivity index (χ3n) is 3.30. The summed E-state index contributed by atoms with van der Waals surface area (Å²) in [6.07, 6.45) is 3.54. The minimum atomic E-state index is 0.0707. The van der Waals surface area contributed by atoms with Gasteiger partial charge in [0.1, 0.15) is 0 Å². The van der Waals surface area contributed by atoms with Gasteiger partial charge in [0.2, 0.25) is 0 Å². The molecular weight excluding hydrogens is 264 g/mol. The summed E-state index contributed by atoms with van der Waals surface area (Å²) in [6.45, 7) is 1.89. The molecule has 0 spiro atoms. The quantitative estimate of drug-likeness (QED) is 0.904. The van der Waals surface area contributed by atoms with E-state index in [-0.39, 0.29) is 5.91 Å². The van der Waals surface area contributed by atoms with Crippen molar-refractivity contribution in [3.8, 4) is 0 Å². The SMILES string of the molecule is O=C(NCC[C@@H]1CCCN1)c1cc2sccc2s1. The Morgan fingerprint density at radius 3 is 3.22 bits per heavy atom. The maximum atomic E-state index is 12.0. The van der Waals surface area contributed by atoms with E-state index in [4.69, 9.17) is 0 Å². The molecule has 1 aliphatic heterocycles. The standard InChI is InChI=1S/C13H16N2OS2/c16-13(15-6-3-9-2-1-5-14-9)12-8-11-10(18-12)4-7-17-11/h4,7-9,14H,1-3,5-6H2,(H,15,16)/t9-/m0/s1. The summed E-state index contributed by atoms with van der Waals surface area (Å²) < 4.78 is 2.42. The van der Waals surface area contributed by atoms with E-state index in [1.165, 1.54) is 22.2 Å². The molecule has 1 amide bonds. The lowest BCUT2D eigenvalue weighted by molar-refractivity contribution is 0.0956. The molecular formula is C13H16N2OS2. The molecule has 0 bridgehead atoms. The van der Waals surface area contributed by atoms with E-state index in [9.17, 15) is 4.79 Å². The third-order valence-corrected chi connectivity index (χ3v) is 5.40. The normalized spacial score (nSPS) is 19.4. The Bertz CT molecular complexity index is 511. The zero-order chi connectivity index (χ0) is 12.4. The first-order valence-corrected chi connectivity index (χ1v) is 8.01. The molecule has 5 heteroatoms. The number of rotatable bonds is 4. The van der Waals surface area contributed by atoms with Gasteiger partial charge in [0.25, 0.3) is 5.91 Å². The maximum Gasteiger partial charge on any atom is 0.261 e. The lowest BCUT2D eigenvalue weighted by atomic mass is 10.1. The molecule has 0 saturated carbocycles. The fraction of sp³-hybridized carbons (Fsp3) is 0.462. The van der Waals surface area contributed by atoms with Crippen molar-refractivity contribution in [3.63, 3.8) is 0 Å². The summed E-state index contributed by atoms with van der Waals surface area (Å²) >= 11 is 3.27. The van der Waals surface area contributed by atoms with Crippen molar-refractivity contribution >= 4 is 38.0 Å². The van der Waals surface area contributed by atoms with E-state index in [0.29, 0.717) is 6.04 Å². The van der Waals surface area contributed by atoms with Gasteiger partial charge < -0.3 is 10.6 Å². The highest BCUT2D eigenvalue weighted by Gasteiger charge is 2.15. The van der Waals surface area contributed by atoms with Gasteiger partial charge in [-0.1, -0.05) is 0 Å². The van der Waals surface area contributed by atoms with Crippen LogP contribution in [0, 0.1) is 0 Å². The van der Waals surface area contributed by atoms with E-state index in [0.717, 1.165) is 24.4 Å². The van der Waals surface area contributed by atoms with E-state index < -0.39 is 0 Å². The molecule has 0 aromatic carbocycles. The summed E-state index contributed by atoms with van der Waals surface area (Å²) in [7, 11) is 0. The number of fused-ring (bicyclic) bond motifs is 1. The van der Waals surface area contributed by atoms with Crippen LogP contribution in [0.5, 0.6) is 0 Å². The molecule has 2 aromatic heterocycles. The summed E-state index contributed by atoms with van der Waals surface area (Å²) in [4.78, 5) is 12.8. The van der Waals surface area contributed by atoms with Crippen LogP contribution in [0.15, 0.2) is 17.5 Å². The fourth-order valence-corrected chi connectivity index (χ4v) is 4.35. The highest BCUT2D eigenvalue weighted by molar-refractivity contribution is 7.27. The average molecular weight is 280 g/mol. The largest absolute Gasteiger partial charge is 0.351 e. The molecule has 2 aromatic rings. The topological polar surface area (TPSA) is 41.1 Å². The summed E-state index contributed by atoms with van der Waals surface area (Å²) in [5.41, 5.74) is 0. The van der Waals surface area contributed by atoms with Gasteiger partial charge in [-0.3, -0.25) is 4.79 Å². The first-order valence-electron chi connectivity index (χ1n) is 6.31. The van der Waals surface area contributed by atoms with Crippen LogP contribution in [0.3, 0.4) is 0 Å². The van der Waals surface area contributed by atoms with Crippen LogP contribution in [0.2, 0.25) is 0 Å². The molecule has 0 unspecified atom stereocenters. The molecule has 0 radical (unpaired) electrons. The molecule has 1 atom stereocenters. The maximum absolute atomic E-state index is 12.0. The molecule has 1 aliphatic rings. The van der Waals surface area contributed by atoms with Gasteiger partial charge >= 0.3 is 0 Å². The van der Waals surface area contributed by atoms with Crippen molar-refractivity contribution in [2.24, 2.45) is 0 Å². The molecule has 3 rings (SSSR count). The summed E-state index contributed by atoms with van der Waals surface area (Å²) in [5.74, 6) is 0.0707. The van der Waals surface area contributed by atoms with Crippen LogP contribution in [-0.2, 0) is 0 Å². The number of carbonyl (C=O) groups is 1. The molecule has 18 heavy (non-hydrogen) atoms. The Balaban J connectivity index is 1.53. The number of amides is 1. The highest BCUT2D eigenvalue weighted by Crippen LogP contribution is 2.29. The molecule has 1 fully saturated rings. The second-order valence-corrected chi connectivity index (χ2v) is 6.63. The minimum absolute atomic E-state index is 0.0707. The van der Waals surface area contributed by atoms with Crippen LogP contribution in [0.4, 0.5) is 0 Å². The van der Waals surface area contributed by atoms with Crippen molar-refractivity contribution < 1.29 is 4.79 Å². The highest BCUT2D eigenvalue weighted by atomic mass is 32.1. The van der Waals surface area contributed by atoms with Gasteiger partial charge in [-0.2, -0.15) is 0 Å². The van der Waals surface area contributed by atoms with Crippen molar-refractivity contribution in [3.05, 3.63) is 22.4 Å². The first-order chi connectivity index (χ1) is 8.83. The first kappa shape index (κ1) is 12.1. The monoisotopic (exact) mass is 280 g/mol. The number of nitrogens with one attached hydrogen (secondary N) is 2. The van der Waals surface area contributed by atoms with Gasteiger partial charge in [0.05, 0.1) is 4.88 Å². The Morgan fingerprint density at radius 1 is 1.50 bits per heavy atom. The fourth-order valence-electron chi connectivity index (χ4n) is 2.33. The zero-order valence-electron chi connectivity index (χ0n) is 10.1. The molecule has 1 saturated heterocycles. The second kappa shape index (κ2) is 5.38. The van der Waals surface area contributed by atoms with Crippen LogP contribution in [-0.4, -0.2) is 25.0 Å². The third kappa shape index (κ3) is 2.58. The summed E-state index contributed by atoms with van der Waals surface area (Å²) in [6, 6.07) is 4.66. The molecule has 0 aliphatic carbocycles. The van der Waals surface area contributed by atoms with Crippen LogP contribution in [0.25, 0.3) is 9.40 Å². The number of carbonyl (C=O) groups excluding carboxylic acids is 1. The molecule has 3 nitrogen and oxygen atoms in total. The smallest absolute Gasteiger partial charge is 0.261 e. The predicted octanol–water partition coefficient (Wildman–Crippen LogP) is 2.83. The predicted molar refractivity (Wildman–Crippen MR) is 77.7 cm³/mol. The van der Waals surface area contributed by atoms with Gasteiger partial charge in [0, 0.05) is 22.0 Å². The number of hydrogen-bond acceptors (Lipinski definition) is 4. The van der Waals surface area contributed by atoms with Crippen LogP contribution >= 0.6 is 22.7 Å². The Hall–Kier alpha value is -0.910. The average Bonchev–Trinajstić information content (AvgIpc) is 3.04. The Labute approximate surface area is 114 Å². The van der Waals surface area contributed by atoms with E-state index >= 15 is 0 Å². The van der Waals surface area contributed by atoms with E-state index in [1.807, 2.05) is 6.07 Å². The lowest BCUT2D eigenvalue weighted by Crippen LogP contribution is -2.30. The molecule has 2 N–H and O–H groups in total. The minimum Gasteiger partial charge on any atom is -0.351 e. The lowest BCUT2D eigenvalue weighted by Gasteiger charge is -2.09. The van der Waals surface area contributed by atoms with Crippen LogP contribution < -0.4 is 10.6 Å².